The van der Waals surface area contributed by atoms with Gasteiger partial charge in [-0.05, 0) is 17.5 Å². The summed E-state index contributed by atoms with van der Waals surface area (Å²) in [7, 11) is -1.17. The summed E-state index contributed by atoms with van der Waals surface area (Å²) in [6.45, 7) is 3.03. The summed E-state index contributed by atoms with van der Waals surface area (Å²) in [4.78, 5) is 7.04. The standard InChI is InChI=1S/C5H13N.HO2P/c1-2-3-4-5-6;1-3-2/h2-6H2,1H3;3H/p+1. The Hall–Kier alpha value is 0.0200. The summed E-state index contributed by atoms with van der Waals surface area (Å²) in [5, 5.41) is 0. The quantitative estimate of drug-likeness (QED) is 0.469. The average Bonchev–Trinajstić information content (AvgIpc) is 1.86. The summed E-state index contributed by atoms with van der Waals surface area (Å²) >= 11 is 0. The second kappa shape index (κ2) is 15.7. The van der Waals surface area contributed by atoms with E-state index in [2.05, 4.69) is 6.92 Å². The monoisotopic (exact) mass is 152 g/mol. The van der Waals surface area contributed by atoms with Crippen LogP contribution < -0.4 is 5.73 Å². The van der Waals surface area contributed by atoms with E-state index >= 15 is 0 Å². The van der Waals surface area contributed by atoms with Gasteiger partial charge in [0.2, 0.25) is 0 Å². The second-order valence-electron chi connectivity index (χ2n) is 1.59. The number of unbranched alkanes of at least 4 members (excludes halogenated alkanes) is 2. The predicted octanol–water partition coefficient (Wildman–Crippen LogP) is 1.05. The molecule has 0 heterocycles. The largest absolute Gasteiger partial charge is 0.491 e. The first-order chi connectivity index (χ1) is 4.33. The Morgan fingerprint density at radius 1 is 1.56 bits per heavy atom. The van der Waals surface area contributed by atoms with Gasteiger partial charge >= 0.3 is 8.69 Å². The summed E-state index contributed by atoms with van der Waals surface area (Å²) in [6, 6.07) is 0. The molecule has 0 saturated carbocycles. The van der Waals surface area contributed by atoms with E-state index in [0.717, 1.165) is 6.54 Å². The van der Waals surface area contributed by atoms with Crippen LogP contribution in [0.1, 0.15) is 26.2 Å². The lowest BCUT2D eigenvalue weighted by molar-refractivity contribution is 0.524. The lowest BCUT2D eigenvalue weighted by atomic mass is 10.3. The number of hydrogen-bond acceptors (Lipinski definition) is 2. The first-order valence-electron chi connectivity index (χ1n) is 3.04. The molecule has 0 amide bonds. The number of hydrogen-bond donors (Lipinski definition) is 2. The van der Waals surface area contributed by atoms with Gasteiger partial charge in [0.15, 0.2) is 0 Å². The molecule has 0 bridgehead atoms. The summed E-state index contributed by atoms with van der Waals surface area (Å²) in [5.74, 6) is 0. The van der Waals surface area contributed by atoms with Crippen LogP contribution in [0.3, 0.4) is 0 Å². The number of rotatable bonds is 3. The highest BCUT2D eigenvalue weighted by Gasteiger charge is 1.75. The van der Waals surface area contributed by atoms with E-state index in [1.807, 2.05) is 0 Å². The molecule has 0 aromatic rings. The SMILES string of the molecule is CCCCCN.O=[PH+]O. The van der Waals surface area contributed by atoms with Crippen molar-refractivity contribution in [2.75, 3.05) is 6.54 Å². The zero-order chi connectivity index (χ0) is 7.54. The third-order valence-electron chi connectivity index (χ3n) is 0.808. The van der Waals surface area contributed by atoms with E-state index < -0.39 is 8.69 Å². The van der Waals surface area contributed by atoms with E-state index in [4.69, 9.17) is 15.2 Å². The van der Waals surface area contributed by atoms with Crippen LogP contribution in [0.2, 0.25) is 0 Å². The molecule has 3 N–H and O–H groups in total. The molecule has 0 aliphatic heterocycles. The Balaban J connectivity index is 0. The predicted molar refractivity (Wildman–Crippen MR) is 39.8 cm³/mol. The van der Waals surface area contributed by atoms with Crippen LogP contribution in [0, 0.1) is 0 Å². The second-order valence-corrected chi connectivity index (χ2v) is 1.77. The highest BCUT2D eigenvalue weighted by molar-refractivity contribution is 7.16. The van der Waals surface area contributed by atoms with Crippen LogP contribution in [0.4, 0.5) is 0 Å². The van der Waals surface area contributed by atoms with Gasteiger partial charge in [-0.1, -0.05) is 19.8 Å². The van der Waals surface area contributed by atoms with E-state index in [1.165, 1.54) is 19.3 Å². The van der Waals surface area contributed by atoms with Gasteiger partial charge in [-0.15, -0.1) is 0 Å². The lowest BCUT2D eigenvalue weighted by Crippen LogP contribution is -1.96. The van der Waals surface area contributed by atoms with E-state index in [1.54, 1.807) is 0 Å². The van der Waals surface area contributed by atoms with Crippen molar-refractivity contribution in [2.24, 2.45) is 5.73 Å². The van der Waals surface area contributed by atoms with E-state index in [0.29, 0.717) is 0 Å². The molecule has 0 aliphatic rings. The molecule has 0 aromatic heterocycles. The van der Waals surface area contributed by atoms with Crippen molar-refractivity contribution >= 4 is 8.69 Å². The first-order valence-corrected chi connectivity index (χ1v) is 3.90. The topological polar surface area (TPSA) is 63.3 Å². The maximum Gasteiger partial charge on any atom is 0.491 e. The minimum Gasteiger partial charge on any atom is -0.330 e. The molecular weight excluding hydrogens is 137 g/mol. The zero-order valence-electron chi connectivity index (χ0n) is 5.76. The van der Waals surface area contributed by atoms with E-state index in [9.17, 15) is 0 Å². The van der Waals surface area contributed by atoms with Crippen molar-refractivity contribution in [3.63, 3.8) is 0 Å². The van der Waals surface area contributed by atoms with Gasteiger partial charge in [0, 0.05) is 0 Å². The zero-order valence-corrected chi connectivity index (χ0v) is 6.76. The molecule has 0 aliphatic carbocycles. The molecular formula is C5H15NO2P+. The molecule has 56 valence electrons. The van der Waals surface area contributed by atoms with Crippen molar-refractivity contribution in [3.8, 4) is 0 Å². The maximum absolute atomic E-state index is 8.51. The van der Waals surface area contributed by atoms with Gasteiger partial charge in [-0.25, -0.2) is 0 Å². The molecule has 3 nitrogen and oxygen atoms in total. The van der Waals surface area contributed by atoms with Gasteiger partial charge in [-0.2, -0.15) is 4.89 Å². The van der Waals surface area contributed by atoms with Gasteiger partial charge < -0.3 is 5.73 Å². The third kappa shape index (κ3) is 31.9. The fourth-order valence-electron chi connectivity index (χ4n) is 0.394. The molecule has 0 fully saturated rings. The van der Waals surface area contributed by atoms with Crippen LogP contribution in [-0.2, 0) is 4.57 Å². The van der Waals surface area contributed by atoms with Gasteiger partial charge in [0.05, 0.1) is 0 Å². The molecule has 0 aromatic carbocycles. The maximum atomic E-state index is 8.51. The van der Waals surface area contributed by atoms with Gasteiger partial charge in [0.1, 0.15) is 0 Å². The molecule has 0 rings (SSSR count). The Kier molecular flexibility index (Phi) is 20.5. The highest BCUT2D eigenvalue weighted by Crippen LogP contribution is 1.88. The molecule has 4 heteroatoms. The van der Waals surface area contributed by atoms with Crippen LogP contribution in [-0.4, -0.2) is 11.4 Å². The fourth-order valence-corrected chi connectivity index (χ4v) is 0.394. The lowest BCUT2D eigenvalue weighted by Gasteiger charge is -1.86. The van der Waals surface area contributed by atoms with Crippen molar-refractivity contribution in [3.05, 3.63) is 0 Å². The first kappa shape index (κ1) is 11.8. The van der Waals surface area contributed by atoms with Gasteiger partial charge in [0.25, 0.3) is 0 Å². The van der Waals surface area contributed by atoms with Gasteiger partial charge in [-0.3, -0.25) is 0 Å². The van der Waals surface area contributed by atoms with Crippen LogP contribution in [0.5, 0.6) is 0 Å². The van der Waals surface area contributed by atoms with E-state index in [-0.39, 0.29) is 0 Å². The Morgan fingerprint density at radius 2 is 2.00 bits per heavy atom. The summed E-state index contributed by atoms with van der Waals surface area (Å²) in [6.07, 6.45) is 3.75. The van der Waals surface area contributed by atoms with Crippen molar-refractivity contribution in [1.82, 2.24) is 0 Å². The number of nitrogens with two attached hydrogens (primary N) is 1. The van der Waals surface area contributed by atoms with Crippen molar-refractivity contribution in [2.45, 2.75) is 26.2 Å². The normalized spacial score (nSPS) is 8.33. The third-order valence-corrected chi connectivity index (χ3v) is 0.808. The average molecular weight is 152 g/mol. The summed E-state index contributed by atoms with van der Waals surface area (Å²) < 4.78 is 8.51. The van der Waals surface area contributed by atoms with Crippen molar-refractivity contribution < 1.29 is 9.46 Å². The molecule has 1 atom stereocenters. The molecule has 0 saturated heterocycles. The Bertz CT molecular complexity index is 48.2. The Morgan fingerprint density at radius 3 is 2.11 bits per heavy atom. The minimum atomic E-state index is -1.17. The molecule has 0 radical (unpaired) electrons. The molecule has 0 spiro atoms. The molecule has 9 heavy (non-hydrogen) atoms. The fraction of sp³-hybridized carbons (Fsp3) is 1.00. The van der Waals surface area contributed by atoms with Crippen molar-refractivity contribution in [1.29, 1.82) is 0 Å². The smallest absolute Gasteiger partial charge is 0.330 e. The summed E-state index contributed by atoms with van der Waals surface area (Å²) in [5.41, 5.74) is 5.21. The van der Waals surface area contributed by atoms with Crippen LogP contribution in [0.25, 0.3) is 0 Å². The molecule has 1 unspecified atom stereocenters. The van der Waals surface area contributed by atoms with Crippen LogP contribution in [0.15, 0.2) is 0 Å². The highest BCUT2D eigenvalue weighted by atomic mass is 31.1. The van der Waals surface area contributed by atoms with Crippen LogP contribution >= 0.6 is 8.69 Å². The Labute approximate surface area is 57.5 Å². The minimum absolute atomic E-state index is 0.855.